The summed E-state index contributed by atoms with van der Waals surface area (Å²) in [5.41, 5.74) is 4.17. The molecule has 29 heavy (non-hydrogen) atoms. The largest absolute Gasteiger partial charge is 0.386 e. The number of nitrogens with zero attached hydrogens (tertiary/aromatic N) is 1. The van der Waals surface area contributed by atoms with E-state index in [0.717, 1.165) is 22.2 Å². The van der Waals surface area contributed by atoms with Crippen molar-refractivity contribution in [1.82, 2.24) is 15.3 Å². The van der Waals surface area contributed by atoms with E-state index in [4.69, 9.17) is 0 Å². The van der Waals surface area contributed by atoms with Crippen LogP contribution in [0.25, 0.3) is 22.0 Å². The second-order valence-corrected chi connectivity index (χ2v) is 6.78. The van der Waals surface area contributed by atoms with Crippen LogP contribution in [-0.4, -0.2) is 22.9 Å². The Morgan fingerprint density at radius 1 is 1.14 bits per heavy atom. The molecule has 4 rings (SSSR count). The second-order valence-electron chi connectivity index (χ2n) is 6.78. The van der Waals surface area contributed by atoms with Gasteiger partial charge in [-0.2, -0.15) is 0 Å². The summed E-state index contributed by atoms with van der Waals surface area (Å²) in [6.07, 6.45) is 3.43. The number of H-pyrrole nitrogens is 1. The molecule has 4 aromatic rings. The average molecular weight is 388 g/mol. The lowest BCUT2D eigenvalue weighted by Crippen LogP contribution is -2.25. The number of rotatable bonds is 6. The van der Waals surface area contributed by atoms with Gasteiger partial charge in [-0.1, -0.05) is 36.4 Å². The fourth-order valence-electron chi connectivity index (χ4n) is 3.42. The van der Waals surface area contributed by atoms with Crippen LogP contribution in [0.15, 0.2) is 67.0 Å². The Balaban J connectivity index is 1.55. The van der Waals surface area contributed by atoms with Gasteiger partial charge in [-0.3, -0.25) is 9.78 Å². The van der Waals surface area contributed by atoms with E-state index in [1.807, 2.05) is 48.5 Å². The Hall–Kier alpha value is -3.67. The lowest BCUT2D eigenvalue weighted by Gasteiger charge is -2.14. The Kier molecular flexibility index (Phi) is 5.24. The number of carbonyl (C=O) groups is 1. The van der Waals surface area contributed by atoms with Crippen molar-refractivity contribution in [2.75, 3.05) is 12.4 Å². The molecule has 0 spiro atoms. The van der Waals surface area contributed by atoms with E-state index in [1.165, 1.54) is 0 Å². The van der Waals surface area contributed by atoms with Crippen molar-refractivity contribution >= 4 is 22.5 Å². The summed E-state index contributed by atoms with van der Waals surface area (Å²) >= 11 is 0. The molecule has 0 radical (unpaired) electrons. The minimum Gasteiger partial charge on any atom is -0.386 e. The molecule has 146 valence electrons. The molecule has 2 aromatic heterocycles. The average Bonchev–Trinajstić information content (AvgIpc) is 3.17. The number of nitrogens with one attached hydrogen (secondary N) is 3. The summed E-state index contributed by atoms with van der Waals surface area (Å²) in [7, 11) is 1.66. The van der Waals surface area contributed by atoms with Gasteiger partial charge in [0.15, 0.2) is 5.82 Å². The van der Waals surface area contributed by atoms with Gasteiger partial charge in [0.05, 0.1) is 18.7 Å². The highest BCUT2D eigenvalue weighted by Crippen LogP contribution is 2.30. The van der Waals surface area contributed by atoms with E-state index < -0.39 is 5.82 Å². The van der Waals surface area contributed by atoms with Gasteiger partial charge in [0.2, 0.25) is 5.91 Å². The summed E-state index contributed by atoms with van der Waals surface area (Å²) in [6.45, 7) is 0.335. The van der Waals surface area contributed by atoms with E-state index in [2.05, 4.69) is 20.6 Å². The van der Waals surface area contributed by atoms with Crippen molar-refractivity contribution in [3.8, 4) is 11.1 Å². The molecule has 0 unspecified atom stereocenters. The molecule has 0 saturated heterocycles. The van der Waals surface area contributed by atoms with Gasteiger partial charge in [0.25, 0.3) is 0 Å². The first-order valence-electron chi connectivity index (χ1n) is 9.38. The predicted octanol–water partition coefficient (Wildman–Crippen LogP) is 4.27. The summed E-state index contributed by atoms with van der Waals surface area (Å²) in [5, 5.41) is 6.70. The third-order valence-corrected chi connectivity index (χ3v) is 4.89. The number of halogens is 1. The van der Waals surface area contributed by atoms with Gasteiger partial charge >= 0.3 is 0 Å². The Morgan fingerprint density at radius 2 is 1.97 bits per heavy atom. The second kappa shape index (κ2) is 8.14. The lowest BCUT2D eigenvalue weighted by atomic mass is 9.96. The molecule has 2 heterocycles. The fraction of sp³-hybridized carbons (Fsp3) is 0.130. The zero-order valence-corrected chi connectivity index (χ0v) is 16.0. The van der Waals surface area contributed by atoms with Crippen LogP contribution in [0.2, 0.25) is 0 Å². The Bertz CT molecular complexity index is 1120. The molecule has 6 heteroatoms. The van der Waals surface area contributed by atoms with Crippen molar-refractivity contribution in [2.24, 2.45) is 0 Å². The molecule has 0 bridgehead atoms. The molecule has 5 nitrogen and oxygen atoms in total. The van der Waals surface area contributed by atoms with Crippen molar-refractivity contribution < 1.29 is 9.18 Å². The minimum absolute atomic E-state index is 0.0482. The maximum atomic E-state index is 15.0. The maximum absolute atomic E-state index is 15.0. The van der Waals surface area contributed by atoms with Crippen LogP contribution in [0.5, 0.6) is 0 Å². The Morgan fingerprint density at radius 3 is 2.72 bits per heavy atom. The number of carbonyl (C=O) groups excluding carboxylic acids is 1. The molecular weight excluding hydrogens is 367 g/mol. The number of fused-ring (bicyclic) bond motifs is 1. The first-order chi connectivity index (χ1) is 14.2. The van der Waals surface area contributed by atoms with E-state index >= 15 is 4.39 Å². The first kappa shape index (κ1) is 18.7. The fourth-order valence-corrected chi connectivity index (χ4v) is 3.42. The number of hydrogen-bond donors (Lipinski definition) is 3. The predicted molar refractivity (Wildman–Crippen MR) is 113 cm³/mol. The van der Waals surface area contributed by atoms with Crippen LogP contribution < -0.4 is 10.6 Å². The highest BCUT2D eigenvalue weighted by atomic mass is 19.1. The molecule has 0 aliphatic carbocycles. The summed E-state index contributed by atoms with van der Waals surface area (Å²) in [4.78, 5) is 19.9. The lowest BCUT2D eigenvalue weighted by molar-refractivity contribution is -0.120. The van der Waals surface area contributed by atoms with Gasteiger partial charge in [0, 0.05) is 41.6 Å². The van der Waals surface area contributed by atoms with Gasteiger partial charge in [0.1, 0.15) is 0 Å². The Labute approximate surface area is 168 Å². The molecular formula is C23H21FN4O. The zero-order valence-electron chi connectivity index (χ0n) is 16.0. The molecule has 2 aromatic carbocycles. The third kappa shape index (κ3) is 3.96. The topological polar surface area (TPSA) is 69.8 Å². The zero-order chi connectivity index (χ0) is 20.2. The van der Waals surface area contributed by atoms with Crippen LogP contribution in [-0.2, 0) is 17.8 Å². The number of aromatic amines is 1. The monoisotopic (exact) mass is 388 g/mol. The van der Waals surface area contributed by atoms with Crippen molar-refractivity contribution in [3.05, 3.63) is 84.1 Å². The van der Waals surface area contributed by atoms with Gasteiger partial charge in [-0.25, -0.2) is 4.39 Å². The smallest absolute Gasteiger partial charge is 0.224 e. The van der Waals surface area contributed by atoms with Crippen molar-refractivity contribution in [1.29, 1.82) is 0 Å². The van der Waals surface area contributed by atoms with E-state index in [0.29, 0.717) is 23.4 Å². The molecule has 0 fully saturated rings. The number of pyridine rings is 1. The van der Waals surface area contributed by atoms with Crippen LogP contribution >= 0.6 is 0 Å². The molecule has 0 aliphatic heterocycles. The summed E-state index contributed by atoms with van der Waals surface area (Å²) < 4.78 is 15.0. The molecule has 0 aliphatic rings. The number of benzene rings is 2. The van der Waals surface area contributed by atoms with Crippen LogP contribution in [0.1, 0.15) is 11.3 Å². The highest BCUT2D eigenvalue weighted by molar-refractivity contribution is 5.83. The summed E-state index contributed by atoms with van der Waals surface area (Å²) in [6, 6.07) is 16.9. The number of anilines is 1. The van der Waals surface area contributed by atoms with Gasteiger partial charge in [-0.15, -0.1) is 0 Å². The van der Waals surface area contributed by atoms with Crippen molar-refractivity contribution in [3.63, 3.8) is 0 Å². The number of aromatic nitrogens is 2. The SMILES string of the molecule is CNc1ccc(-c2ccccc2)c(CC(=O)NCc2cc3cnccc3[nH]2)c1F. The number of amides is 1. The van der Waals surface area contributed by atoms with Crippen LogP contribution in [0.3, 0.4) is 0 Å². The van der Waals surface area contributed by atoms with E-state index in [-0.39, 0.29) is 12.3 Å². The molecule has 3 N–H and O–H groups in total. The highest BCUT2D eigenvalue weighted by Gasteiger charge is 2.17. The van der Waals surface area contributed by atoms with Crippen molar-refractivity contribution in [2.45, 2.75) is 13.0 Å². The van der Waals surface area contributed by atoms with Crippen LogP contribution in [0, 0.1) is 5.82 Å². The van der Waals surface area contributed by atoms with E-state index in [9.17, 15) is 4.79 Å². The maximum Gasteiger partial charge on any atom is 0.224 e. The molecule has 0 saturated carbocycles. The van der Waals surface area contributed by atoms with Gasteiger partial charge in [-0.05, 0) is 29.3 Å². The normalized spacial score (nSPS) is 10.8. The summed E-state index contributed by atoms with van der Waals surface area (Å²) in [5.74, 6) is -0.646. The standard InChI is InChI=1S/C23H21FN4O/c1-25-21-8-7-18(15-5-3-2-4-6-15)19(23(21)24)12-22(29)27-14-17-11-16-13-26-10-9-20(16)28-17/h2-11,13,25,28H,12,14H2,1H3,(H,27,29). The first-order valence-corrected chi connectivity index (χ1v) is 9.38. The minimum atomic E-state index is -0.402. The quantitative estimate of drug-likeness (QED) is 0.462. The third-order valence-electron chi connectivity index (χ3n) is 4.89. The molecule has 1 amide bonds. The van der Waals surface area contributed by atoms with Crippen LogP contribution in [0.4, 0.5) is 10.1 Å². The molecule has 0 atom stereocenters. The van der Waals surface area contributed by atoms with Gasteiger partial charge < -0.3 is 15.6 Å². The number of hydrogen-bond acceptors (Lipinski definition) is 3. The van der Waals surface area contributed by atoms with E-state index in [1.54, 1.807) is 25.5 Å².